The molecule has 0 saturated heterocycles. The van der Waals surface area contributed by atoms with Gasteiger partial charge in [0.2, 0.25) is 0 Å². The van der Waals surface area contributed by atoms with Crippen LogP contribution in [0.15, 0.2) is 200 Å². The molecule has 0 bridgehead atoms. The van der Waals surface area contributed by atoms with Gasteiger partial charge in [0.15, 0.2) is 0 Å². The molecule has 0 saturated carbocycles. The summed E-state index contributed by atoms with van der Waals surface area (Å²) in [6.45, 7) is 0. The van der Waals surface area contributed by atoms with E-state index in [0.29, 0.717) is 0 Å². The Bertz CT molecular complexity index is 2770. The molecule has 2 heteroatoms. The molecule has 0 spiro atoms. The molecule has 0 N–H and O–H groups in total. The molecule has 0 fully saturated rings. The summed E-state index contributed by atoms with van der Waals surface area (Å²) in [6.07, 6.45) is 0. The van der Waals surface area contributed by atoms with Gasteiger partial charge in [-0.05, 0) is 91.8 Å². The fraction of sp³-hybridized carbons (Fsp3) is 0. The standard InChI is InChI=1S/C50H33NS/c1-3-16-40-34(12-1)14-9-20-42(40)36-26-30-38(31-27-36)51(39-32-28-37(29-33-39)43-21-10-15-35-13-2-4-17-41(35)43)47-23-7-5-18-44(47)45-22-11-25-49-50(45)46-19-6-8-24-48(46)52-49/h1-33H. The van der Waals surface area contributed by atoms with Gasteiger partial charge in [0.25, 0.3) is 0 Å². The minimum absolute atomic E-state index is 1.11. The lowest BCUT2D eigenvalue weighted by molar-refractivity contribution is 1.28. The molecule has 10 rings (SSSR count). The van der Waals surface area contributed by atoms with Gasteiger partial charge in [0.1, 0.15) is 0 Å². The molecule has 52 heavy (non-hydrogen) atoms. The van der Waals surface area contributed by atoms with Gasteiger partial charge in [0, 0.05) is 37.1 Å². The highest BCUT2D eigenvalue weighted by molar-refractivity contribution is 7.25. The predicted octanol–water partition coefficient (Wildman–Crippen LogP) is 14.8. The highest BCUT2D eigenvalue weighted by atomic mass is 32.1. The van der Waals surface area contributed by atoms with Gasteiger partial charge in [-0.1, -0.05) is 158 Å². The van der Waals surface area contributed by atoms with Crippen molar-refractivity contribution in [3.63, 3.8) is 0 Å². The van der Waals surface area contributed by atoms with Crippen LogP contribution in [0.1, 0.15) is 0 Å². The quantitative estimate of drug-likeness (QED) is 0.169. The molecule has 9 aromatic carbocycles. The first-order valence-electron chi connectivity index (χ1n) is 17.8. The Hall–Kier alpha value is -6.48. The van der Waals surface area contributed by atoms with Crippen LogP contribution in [0.3, 0.4) is 0 Å². The van der Waals surface area contributed by atoms with E-state index in [9.17, 15) is 0 Å². The molecule has 0 aliphatic carbocycles. The molecule has 244 valence electrons. The predicted molar refractivity (Wildman–Crippen MR) is 225 cm³/mol. The molecule has 0 unspecified atom stereocenters. The number of anilines is 3. The summed E-state index contributed by atoms with van der Waals surface area (Å²) >= 11 is 1.86. The van der Waals surface area contributed by atoms with Crippen LogP contribution in [-0.4, -0.2) is 0 Å². The van der Waals surface area contributed by atoms with Gasteiger partial charge in [-0.2, -0.15) is 0 Å². The first-order valence-corrected chi connectivity index (χ1v) is 18.6. The van der Waals surface area contributed by atoms with Gasteiger partial charge in [0.05, 0.1) is 5.69 Å². The van der Waals surface area contributed by atoms with E-state index in [2.05, 4.69) is 205 Å². The second kappa shape index (κ2) is 12.7. The van der Waals surface area contributed by atoms with E-state index in [-0.39, 0.29) is 0 Å². The summed E-state index contributed by atoms with van der Waals surface area (Å²) in [7, 11) is 0. The van der Waals surface area contributed by atoms with E-state index in [1.165, 1.54) is 75.1 Å². The van der Waals surface area contributed by atoms with Crippen molar-refractivity contribution in [2.24, 2.45) is 0 Å². The van der Waals surface area contributed by atoms with E-state index in [1.54, 1.807) is 0 Å². The maximum absolute atomic E-state index is 2.42. The van der Waals surface area contributed by atoms with E-state index in [1.807, 2.05) is 11.3 Å². The van der Waals surface area contributed by atoms with E-state index >= 15 is 0 Å². The van der Waals surface area contributed by atoms with Crippen molar-refractivity contribution in [3.8, 4) is 33.4 Å². The van der Waals surface area contributed by atoms with Gasteiger partial charge < -0.3 is 4.90 Å². The van der Waals surface area contributed by atoms with E-state index in [4.69, 9.17) is 0 Å². The molecule has 0 aliphatic rings. The number of hydrogen-bond donors (Lipinski definition) is 0. The molecule has 10 aromatic rings. The molecule has 0 aliphatic heterocycles. The minimum Gasteiger partial charge on any atom is -0.310 e. The summed E-state index contributed by atoms with van der Waals surface area (Å²) in [5, 5.41) is 7.65. The Morgan fingerprint density at radius 1 is 0.308 bits per heavy atom. The zero-order chi connectivity index (χ0) is 34.4. The van der Waals surface area contributed by atoms with Crippen LogP contribution in [0.4, 0.5) is 17.1 Å². The molecule has 0 radical (unpaired) electrons. The number of benzene rings is 9. The highest BCUT2D eigenvalue weighted by Crippen LogP contribution is 2.46. The fourth-order valence-electron chi connectivity index (χ4n) is 7.86. The van der Waals surface area contributed by atoms with Crippen molar-refractivity contribution in [3.05, 3.63) is 200 Å². The van der Waals surface area contributed by atoms with Crippen molar-refractivity contribution >= 4 is 70.1 Å². The van der Waals surface area contributed by atoms with Crippen LogP contribution in [0.5, 0.6) is 0 Å². The second-order valence-corrected chi connectivity index (χ2v) is 14.4. The van der Waals surface area contributed by atoms with Gasteiger partial charge in [-0.15, -0.1) is 11.3 Å². The smallest absolute Gasteiger partial charge is 0.0540 e. The van der Waals surface area contributed by atoms with E-state index < -0.39 is 0 Å². The Morgan fingerprint density at radius 3 is 1.38 bits per heavy atom. The lowest BCUT2D eigenvalue weighted by atomic mass is 9.95. The third kappa shape index (κ3) is 5.16. The SMILES string of the molecule is c1ccc(N(c2ccc(-c3cccc4ccccc34)cc2)c2ccc(-c3cccc4ccccc34)cc2)c(-c2cccc3sc4ccccc4c23)c1. The third-order valence-electron chi connectivity index (χ3n) is 10.3. The van der Waals surface area contributed by atoms with Gasteiger partial charge >= 0.3 is 0 Å². The number of rotatable bonds is 6. The van der Waals surface area contributed by atoms with E-state index in [0.717, 1.165) is 17.1 Å². The first kappa shape index (κ1) is 30.4. The van der Waals surface area contributed by atoms with Crippen LogP contribution >= 0.6 is 11.3 Å². The average molecular weight is 680 g/mol. The third-order valence-corrected chi connectivity index (χ3v) is 11.4. The molecule has 1 heterocycles. The molecule has 0 amide bonds. The number of nitrogens with zero attached hydrogens (tertiary/aromatic N) is 1. The minimum atomic E-state index is 1.11. The van der Waals surface area contributed by atoms with Crippen molar-refractivity contribution < 1.29 is 0 Å². The average Bonchev–Trinajstić information content (AvgIpc) is 3.61. The molecule has 0 atom stereocenters. The van der Waals surface area contributed by atoms with Crippen molar-refractivity contribution in [2.75, 3.05) is 4.90 Å². The summed E-state index contributed by atoms with van der Waals surface area (Å²) < 4.78 is 2.62. The fourth-order valence-corrected chi connectivity index (χ4v) is 8.99. The van der Waals surface area contributed by atoms with Gasteiger partial charge in [-0.3, -0.25) is 0 Å². The van der Waals surface area contributed by atoms with Crippen LogP contribution in [0.25, 0.3) is 75.1 Å². The maximum Gasteiger partial charge on any atom is 0.0540 e. The lowest BCUT2D eigenvalue weighted by Crippen LogP contribution is -2.11. The summed E-state index contributed by atoms with van der Waals surface area (Å²) in [6, 6.07) is 72.9. The second-order valence-electron chi connectivity index (χ2n) is 13.3. The Kier molecular flexibility index (Phi) is 7.41. The van der Waals surface area contributed by atoms with Crippen LogP contribution in [0.2, 0.25) is 0 Å². The van der Waals surface area contributed by atoms with Crippen LogP contribution in [-0.2, 0) is 0 Å². The number of thiophene rings is 1. The maximum atomic E-state index is 2.42. The summed E-state index contributed by atoms with van der Waals surface area (Å²) in [5.74, 6) is 0. The van der Waals surface area contributed by atoms with Crippen LogP contribution < -0.4 is 4.90 Å². The largest absolute Gasteiger partial charge is 0.310 e. The van der Waals surface area contributed by atoms with Crippen LogP contribution in [0, 0.1) is 0 Å². The van der Waals surface area contributed by atoms with Crippen molar-refractivity contribution in [1.29, 1.82) is 0 Å². The van der Waals surface area contributed by atoms with Crippen molar-refractivity contribution in [1.82, 2.24) is 0 Å². The molecule has 1 aromatic heterocycles. The Morgan fingerprint density at radius 2 is 0.750 bits per heavy atom. The number of para-hydroxylation sites is 1. The lowest BCUT2D eigenvalue weighted by Gasteiger charge is -2.28. The number of hydrogen-bond acceptors (Lipinski definition) is 2. The molecular formula is C50H33NS. The highest BCUT2D eigenvalue weighted by Gasteiger charge is 2.20. The monoisotopic (exact) mass is 679 g/mol. The zero-order valence-corrected chi connectivity index (χ0v) is 29.2. The normalized spacial score (nSPS) is 11.5. The molecule has 1 nitrogen and oxygen atoms in total. The molecular weight excluding hydrogens is 647 g/mol. The number of fused-ring (bicyclic) bond motifs is 5. The zero-order valence-electron chi connectivity index (χ0n) is 28.4. The summed E-state index contributed by atoms with van der Waals surface area (Å²) in [4.78, 5) is 2.42. The van der Waals surface area contributed by atoms with Gasteiger partial charge in [-0.25, -0.2) is 0 Å². The van der Waals surface area contributed by atoms with Crippen molar-refractivity contribution in [2.45, 2.75) is 0 Å². The Balaban J connectivity index is 1.15. The topological polar surface area (TPSA) is 3.24 Å². The first-order chi connectivity index (χ1) is 25.8. The Labute approximate surface area is 307 Å². The summed E-state index contributed by atoms with van der Waals surface area (Å²) in [5.41, 5.74) is 10.7.